The van der Waals surface area contributed by atoms with E-state index in [2.05, 4.69) is 0 Å². The SMILES string of the molecule is C[C@H](CO)N1C(=O)[C@@H]2[C@H]3C(=O)N(C)CC=C[C@@]3(C)S[C@@]23C=CCN(Cc2ccccc2)C(=O)C13. The van der Waals surface area contributed by atoms with Gasteiger partial charge in [-0.2, -0.15) is 0 Å². The Morgan fingerprint density at radius 2 is 1.74 bits per heavy atom. The summed E-state index contributed by atoms with van der Waals surface area (Å²) in [5, 5.41) is 10.0. The number of hydrogen-bond acceptors (Lipinski definition) is 5. The number of carbonyl (C=O) groups excluding carboxylic acids is 3. The standard InChI is InChI=1S/C26H31N3O4S/c1-17(16-30)29-21-24(33)28(15-18-9-5-4-6-10-18)14-8-12-26(21)20(23(29)32)19-22(31)27(3)13-7-11-25(19,2)34-26/h4-12,17,19-21,30H,13-16H2,1-3H3/t17-,19+,20+,21?,25-,26+/m1/s1. The van der Waals surface area contributed by atoms with Gasteiger partial charge in [0.15, 0.2) is 0 Å². The van der Waals surface area contributed by atoms with E-state index in [1.807, 2.05) is 61.6 Å². The van der Waals surface area contributed by atoms with Crippen molar-refractivity contribution >= 4 is 29.5 Å². The van der Waals surface area contributed by atoms with E-state index in [0.717, 1.165) is 5.56 Å². The zero-order valence-corrected chi connectivity index (χ0v) is 20.6. The van der Waals surface area contributed by atoms with E-state index in [1.54, 1.807) is 40.4 Å². The van der Waals surface area contributed by atoms with Crippen LogP contribution in [-0.4, -0.2) is 85.8 Å². The number of likely N-dealkylation sites (tertiary alicyclic amines) is 1. The Hall–Kier alpha value is -2.58. The van der Waals surface area contributed by atoms with Crippen LogP contribution in [0.15, 0.2) is 54.6 Å². The maximum atomic E-state index is 14.2. The Kier molecular flexibility index (Phi) is 5.64. The molecule has 0 aromatic heterocycles. The second kappa shape index (κ2) is 8.27. The van der Waals surface area contributed by atoms with Crippen LogP contribution in [0.3, 0.4) is 0 Å². The monoisotopic (exact) mass is 481 g/mol. The molecule has 4 aliphatic heterocycles. The van der Waals surface area contributed by atoms with E-state index in [1.165, 1.54) is 0 Å². The van der Waals surface area contributed by atoms with Crippen LogP contribution in [0.4, 0.5) is 0 Å². The second-order valence-electron chi connectivity index (χ2n) is 10.0. The van der Waals surface area contributed by atoms with Gasteiger partial charge >= 0.3 is 0 Å². The molecule has 34 heavy (non-hydrogen) atoms. The van der Waals surface area contributed by atoms with Crippen molar-refractivity contribution in [2.24, 2.45) is 11.8 Å². The molecule has 0 radical (unpaired) electrons. The van der Waals surface area contributed by atoms with Crippen molar-refractivity contribution in [1.29, 1.82) is 0 Å². The zero-order valence-electron chi connectivity index (χ0n) is 19.8. The number of rotatable bonds is 4. The number of carbonyl (C=O) groups is 3. The highest BCUT2D eigenvalue weighted by Gasteiger charge is 2.74. The largest absolute Gasteiger partial charge is 0.394 e. The highest BCUT2D eigenvalue weighted by molar-refractivity contribution is 8.02. The first-order valence-corrected chi connectivity index (χ1v) is 12.6. The zero-order chi connectivity index (χ0) is 24.3. The molecule has 1 spiro atoms. The van der Waals surface area contributed by atoms with Gasteiger partial charge in [0, 0.05) is 31.4 Å². The number of hydrogen-bond donors (Lipinski definition) is 1. The summed E-state index contributed by atoms with van der Waals surface area (Å²) in [5.74, 6) is -1.67. The van der Waals surface area contributed by atoms with E-state index < -0.39 is 33.4 Å². The summed E-state index contributed by atoms with van der Waals surface area (Å²) in [6.07, 6.45) is 8.03. The number of aliphatic hydroxyl groups excluding tert-OH is 1. The lowest BCUT2D eigenvalue weighted by atomic mass is 9.74. The topological polar surface area (TPSA) is 81.2 Å². The van der Waals surface area contributed by atoms with E-state index in [9.17, 15) is 19.5 Å². The summed E-state index contributed by atoms with van der Waals surface area (Å²) in [7, 11) is 1.76. The Labute approximate surface area is 204 Å². The van der Waals surface area contributed by atoms with Gasteiger partial charge in [0.05, 0.1) is 29.2 Å². The molecule has 1 unspecified atom stereocenters. The lowest BCUT2D eigenvalue weighted by Crippen LogP contribution is -2.56. The number of amides is 3. The maximum absolute atomic E-state index is 14.2. The Morgan fingerprint density at radius 1 is 1.03 bits per heavy atom. The van der Waals surface area contributed by atoms with Crippen LogP contribution in [0.25, 0.3) is 0 Å². The summed E-state index contributed by atoms with van der Waals surface area (Å²) in [5.41, 5.74) is 1.01. The minimum atomic E-state index is -0.874. The Bertz CT molecular complexity index is 1080. The van der Waals surface area contributed by atoms with Gasteiger partial charge in [-0.25, -0.2) is 0 Å². The molecular formula is C26H31N3O4S. The molecule has 0 saturated carbocycles. The van der Waals surface area contributed by atoms with Gasteiger partial charge in [-0.3, -0.25) is 14.4 Å². The normalized spacial score (nSPS) is 35.7. The van der Waals surface area contributed by atoms with Crippen molar-refractivity contribution in [3.05, 3.63) is 60.2 Å². The smallest absolute Gasteiger partial charge is 0.247 e. The summed E-state index contributed by atoms with van der Waals surface area (Å²) in [6, 6.07) is 8.48. The molecule has 1 N–H and O–H groups in total. The predicted molar refractivity (Wildman–Crippen MR) is 131 cm³/mol. The van der Waals surface area contributed by atoms with Crippen molar-refractivity contribution in [1.82, 2.24) is 14.7 Å². The lowest BCUT2D eigenvalue weighted by Gasteiger charge is -2.38. The molecule has 1 aromatic carbocycles. The first-order valence-electron chi connectivity index (χ1n) is 11.8. The highest BCUT2D eigenvalue weighted by Crippen LogP contribution is 2.65. The van der Waals surface area contributed by atoms with Crippen molar-refractivity contribution in [2.45, 2.75) is 42.0 Å². The molecule has 8 heteroatoms. The fraction of sp³-hybridized carbons (Fsp3) is 0.500. The van der Waals surface area contributed by atoms with Crippen LogP contribution in [0, 0.1) is 11.8 Å². The molecule has 1 aromatic rings. The minimum absolute atomic E-state index is 0.0706. The Morgan fingerprint density at radius 3 is 2.44 bits per heavy atom. The van der Waals surface area contributed by atoms with Gasteiger partial charge in [0.2, 0.25) is 17.7 Å². The molecule has 6 atom stereocenters. The van der Waals surface area contributed by atoms with Gasteiger partial charge in [-0.05, 0) is 19.4 Å². The summed E-state index contributed by atoms with van der Waals surface area (Å²) >= 11 is 1.57. The molecule has 0 bridgehead atoms. The van der Waals surface area contributed by atoms with E-state index >= 15 is 0 Å². The summed E-state index contributed by atoms with van der Waals surface area (Å²) < 4.78 is -1.48. The average Bonchev–Trinajstić information content (AvgIpc) is 3.11. The van der Waals surface area contributed by atoms with Crippen LogP contribution in [0.5, 0.6) is 0 Å². The van der Waals surface area contributed by atoms with Crippen molar-refractivity contribution < 1.29 is 19.5 Å². The average molecular weight is 482 g/mol. The molecule has 2 saturated heterocycles. The van der Waals surface area contributed by atoms with Gasteiger partial charge in [-0.1, -0.05) is 54.6 Å². The molecule has 7 nitrogen and oxygen atoms in total. The molecular weight excluding hydrogens is 450 g/mol. The number of benzene rings is 1. The van der Waals surface area contributed by atoms with Crippen molar-refractivity contribution in [3.8, 4) is 0 Å². The molecule has 5 rings (SSSR count). The summed E-state index contributed by atoms with van der Waals surface area (Å²) in [6.45, 7) is 4.89. The van der Waals surface area contributed by atoms with Gasteiger partial charge in [-0.15, -0.1) is 11.8 Å². The van der Waals surface area contributed by atoms with Gasteiger partial charge in [0.25, 0.3) is 0 Å². The van der Waals surface area contributed by atoms with Crippen molar-refractivity contribution in [3.63, 3.8) is 0 Å². The predicted octanol–water partition coefficient (Wildman–Crippen LogP) is 1.68. The molecule has 3 amide bonds. The van der Waals surface area contributed by atoms with Crippen LogP contribution in [-0.2, 0) is 20.9 Å². The van der Waals surface area contributed by atoms with E-state index in [0.29, 0.717) is 19.6 Å². The van der Waals surface area contributed by atoms with Crippen LogP contribution < -0.4 is 0 Å². The third-order valence-electron chi connectivity index (χ3n) is 7.74. The van der Waals surface area contributed by atoms with Crippen LogP contribution >= 0.6 is 11.8 Å². The number of nitrogens with zero attached hydrogens (tertiary/aromatic N) is 3. The number of fused-ring (bicyclic) bond motifs is 2. The molecule has 180 valence electrons. The maximum Gasteiger partial charge on any atom is 0.247 e. The van der Waals surface area contributed by atoms with Gasteiger partial charge in [0.1, 0.15) is 6.04 Å². The van der Waals surface area contributed by atoms with E-state index in [-0.39, 0.29) is 24.3 Å². The fourth-order valence-electron chi connectivity index (χ4n) is 6.14. The Balaban J connectivity index is 1.62. The summed E-state index contributed by atoms with van der Waals surface area (Å²) in [4.78, 5) is 46.7. The second-order valence-corrected chi connectivity index (χ2v) is 11.8. The number of thioether (sulfide) groups is 1. The van der Waals surface area contributed by atoms with Crippen molar-refractivity contribution in [2.75, 3.05) is 26.7 Å². The first-order chi connectivity index (χ1) is 16.2. The lowest BCUT2D eigenvalue weighted by molar-refractivity contribution is -0.146. The van der Waals surface area contributed by atoms with Crippen LogP contribution in [0.2, 0.25) is 0 Å². The highest BCUT2D eigenvalue weighted by atomic mass is 32.2. The first kappa shape index (κ1) is 23.2. The quantitative estimate of drug-likeness (QED) is 0.662. The third kappa shape index (κ3) is 3.26. The third-order valence-corrected chi connectivity index (χ3v) is 9.53. The number of aliphatic hydroxyl groups is 1. The van der Waals surface area contributed by atoms with Crippen LogP contribution in [0.1, 0.15) is 19.4 Å². The molecule has 4 heterocycles. The number of likely N-dealkylation sites (N-methyl/N-ethyl adjacent to an activating group) is 1. The molecule has 4 aliphatic rings. The van der Waals surface area contributed by atoms with E-state index in [4.69, 9.17) is 0 Å². The fourth-order valence-corrected chi connectivity index (χ4v) is 8.28. The van der Waals surface area contributed by atoms with Gasteiger partial charge < -0.3 is 19.8 Å². The molecule has 2 fully saturated rings. The minimum Gasteiger partial charge on any atom is -0.394 e. The molecule has 0 aliphatic carbocycles.